The van der Waals surface area contributed by atoms with Crippen molar-refractivity contribution >= 4 is 5.91 Å². The highest BCUT2D eigenvalue weighted by Gasteiger charge is 2.34. The molecule has 1 fully saturated rings. The van der Waals surface area contributed by atoms with E-state index >= 15 is 0 Å². The van der Waals surface area contributed by atoms with Crippen LogP contribution in [0.3, 0.4) is 0 Å². The summed E-state index contributed by atoms with van der Waals surface area (Å²) in [5.41, 5.74) is 1.31. The maximum atomic E-state index is 13.9. The Morgan fingerprint density at radius 1 is 1.31 bits per heavy atom. The lowest BCUT2D eigenvalue weighted by molar-refractivity contribution is 0.0528. The van der Waals surface area contributed by atoms with Crippen molar-refractivity contribution in [2.24, 2.45) is 0 Å². The van der Waals surface area contributed by atoms with Gasteiger partial charge in [-0.15, -0.1) is 0 Å². The largest absolute Gasteiger partial charge is 0.443 e. The fraction of sp³-hybridized carbons (Fsp3) is 0.409. The molecule has 3 heterocycles. The molecule has 2 aromatic heterocycles. The summed E-state index contributed by atoms with van der Waals surface area (Å²) in [7, 11) is 0. The molecule has 0 saturated carbocycles. The fourth-order valence-electron chi connectivity index (χ4n) is 3.62. The minimum absolute atomic E-state index is 0.185. The molecule has 152 valence electrons. The van der Waals surface area contributed by atoms with E-state index in [1.54, 1.807) is 35.4 Å². The highest BCUT2D eigenvalue weighted by molar-refractivity contribution is 5.91. The minimum atomic E-state index is -0.272. The Hall–Kier alpha value is -2.96. The molecule has 1 saturated heterocycles. The lowest BCUT2D eigenvalue weighted by Crippen LogP contribution is -2.38. The molecule has 1 atom stereocenters. The molecule has 1 unspecified atom stereocenters. The third-order valence-corrected chi connectivity index (χ3v) is 5.27. The number of carbonyl (C=O) groups is 1. The van der Waals surface area contributed by atoms with Crippen molar-refractivity contribution in [3.05, 3.63) is 71.0 Å². The average Bonchev–Trinajstić information content (AvgIpc) is 3.39. The lowest BCUT2D eigenvalue weighted by atomic mass is 10.0. The molecule has 0 bridgehead atoms. The zero-order valence-corrected chi connectivity index (χ0v) is 16.6. The van der Waals surface area contributed by atoms with Gasteiger partial charge in [-0.1, -0.05) is 37.2 Å². The first-order valence-electron chi connectivity index (χ1n) is 9.98. The fourth-order valence-corrected chi connectivity index (χ4v) is 3.62. The summed E-state index contributed by atoms with van der Waals surface area (Å²) in [6.45, 7) is 4.60. The molecular formula is C22H24FN3O3. The van der Waals surface area contributed by atoms with Crippen LogP contribution in [0.1, 0.15) is 78.5 Å². The number of aromatic nitrogens is 2. The van der Waals surface area contributed by atoms with Gasteiger partial charge in [0.15, 0.2) is 0 Å². The number of nitrogens with zero attached hydrogens (tertiary/aromatic N) is 3. The highest BCUT2D eigenvalue weighted by Crippen LogP contribution is 2.32. The summed E-state index contributed by atoms with van der Waals surface area (Å²) in [5.74, 6) is 0.996. The summed E-state index contributed by atoms with van der Waals surface area (Å²) < 4.78 is 25.1. The predicted molar refractivity (Wildman–Crippen MR) is 104 cm³/mol. The molecule has 3 aromatic rings. The number of halogens is 1. The summed E-state index contributed by atoms with van der Waals surface area (Å²) >= 11 is 0. The van der Waals surface area contributed by atoms with Gasteiger partial charge in [0.1, 0.15) is 17.6 Å². The molecule has 0 aliphatic carbocycles. The molecule has 1 aromatic carbocycles. The quantitative estimate of drug-likeness (QED) is 0.613. The van der Waals surface area contributed by atoms with Crippen molar-refractivity contribution in [3.8, 4) is 0 Å². The van der Waals surface area contributed by atoms with Crippen LogP contribution in [0.5, 0.6) is 0 Å². The second-order valence-electron chi connectivity index (χ2n) is 7.71. The molecule has 1 amide bonds. The number of benzene rings is 1. The first kappa shape index (κ1) is 19.4. The van der Waals surface area contributed by atoms with E-state index in [0.717, 1.165) is 25.0 Å². The first-order valence-corrected chi connectivity index (χ1v) is 9.98. The number of piperidine rings is 1. The van der Waals surface area contributed by atoms with Gasteiger partial charge in [-0.25, -0.2) is 9.37 Å². The molecular weight excluding hydrogens is 373 g/mol. The summed E-state index contributed by atoms with van der Waals surface area (Å²) in [5, 5.41) is 3.99. The third kappa shape index (κ3) is 4.09. The van der Waals surface area contributed by atoms with Crippen LogP contribution in [0.15, 0.2) is 45.5 Å². The Morgan fingerprint density at radius 3 is 2.90 bits per heavy atom. The molecule has 0 radical (unpaired) electrons. The molecule has 7 heteroatoms. The Balaban J connectivity index is 1.54. The van der Waals surface area contributed by atoms with E-state index in [4.69, 9.17) is 8.94 Å². The van der Waals surface area contributed by atoms with Gasteiger partial charge in [0, 0.05) is 19.0 Å². The minimum Gasteiger partial charge on any atom is -0.443 e. The second kappa shape index (κ2) is 8.19. The maximum absolute atomic E-state index is 13.9. The van der Waals surface area contributed by atoms with Crippen LogP contribution < -0.4 is 0 Å². The molecule has 29 heavy (non-hydrogen) atoms. The number of likely N-dealkylation sites (tertiary alicyclic amines) is 1. The number of oxazole rings is 1. The van der Waals surface area contributed by atoms with Gasteiger partial charge in [-0.05, 0) is 36.8 Å². The molecule has 1 aliphatic rings. The van der Waals surface area contributed by atoms with E-state index in [0.29, 0.717) is 30.2 Å². The van der Waals surface area contributed by atoms with Crippen LogP contribution in [0.25, 0.3) is 0 Å². The number of hydrogen-bond donors (Lipinski definition) is 0. The van der Waals surface area contributed by atoms with E-state index in [9.17, 15) is 9.18 Å². The summed E-state index contributed by atoms with van der Waals surface area (Å²) in [6.07, 6.45) is 4.59. The monoisotopic (exact) mass is 397 g/mol. The van der Waals surface area contributed by atoms with E-state index in [2.05, 4.69) is 10.1 Å². The number of amides is 1. The van der Waals surface area contributed by atoms with Gasteiger partial charge in [0.05, 0.1) is 11.9 Å². The second-order valence-corrected chi connectivity index (χ2v) is 7.71. The predicted octanol–water partition coefficient (Wildman–Crippen LogP) is 4.88. The summed E-state index contributed by atoms with van der Waals surface area (Å²) in [6, 6.07) is 8.04. The van der Waals surface area contributed by atoms with Crippen LogP contribution in [0.4, 0.5) is 4.39 Å². The van der Waals surface area contributed by atoms with Gasteiger partial charge < -0.3 is 13.8 Å². The molecule has 0 N–H and O–H groups in total. The zero-order valence-electron chi connectivity index (χ0n) is 16.6. The van der Waals surface area contributed by atoms with Gasteiger partial charge in [-0.3, -0.25) is 4.79 Å². The topological polar surface area (TPSA) is 72.4 Å². The van der Waals surface area contributed by atoms with Crippen LogP contribution >= 0.6 is 0 Å². The van der Waals surface area contributed by atoms with Crippen molar-refractivity contribution in [2.75, 3.05) is 6.54 Å². The maximum Gasteiger partial charge on any atom is 0.293 e. The van der Waals surface area contributed by atoms with E-state index in [1.165, 1.54) is 6.07 Å². The number of rotatable bonds is 5. The standard InChI is InChI=1S/C22H24FN3O3/c1-14(2)18-12-20(29-25-18)22(27)26-10-6-5-9-19(26)21-24-13-16(28-21)11-15-7-3-4-8-17(15)23/h3-4,7-8,12-14,19H,5-6,9-11H2,1-2H3. The van der Waals surface area contributed by atoms with Crippen molar-refractivity contribution in [2.45, 2.75) is 51.5 Å². The van der Waals surface area contributed by atoms with Gasteiger partial charge >= 0.3 is 0 Å². The van der Waals surface area contributed by atoms with Crippen LogP contribution in [-0.4, -0.2) is 27.5 Å². The van der Waals surface area contributed by atoms with Crippen molar-refractivity contribution < 1.29 is 18.1 Å². The van der Waals surface area contributed by atoms with E-state index in [-0.39, 0.29) is 29.4 Å². The van der Waals surface area contributed by atoms with Crippen molar-refractivity contribution in [3.63, 3.8) is 0 Å². The molecule has 6 nitrogen and oxygen atoms in total. The SMILES string of the molecule is CC(C)c1cc(C(=O)N2CCCCC2c2ncc(Cc3ccccc3F)o2)on1. The lowest BCUT2D eigenvalue weighted by Gasteiger charge is -2.32. The molecule has 0 spiro atoms. The normalized spacial score (nSPS) is 17.1. The Kier molecular flexibility index (Phi) is 5.47. The van der Waals surface area contributed by atoms with Crippen molar-refractivity contribution in [1.29, 1.82) is 0 Å². The average molecular weight is 397 g/mol. The van der Waals surface area contributed by atoms with Gasteiger partial charge in [0.2, 0.25) is 11.7 Å². The van der Waals surface area contributed by atoms with Crippen LogP contribution in [0, 0.1) is 5.82 Å². The Bertz CT molecular complexity index is 995. The number of carbonyl (C=O) groups excluding carboxylic acids is 1. The highest BCUT2D eigenvalue weighted by atomic mass is 19.1. The summed E-state index contributed by atoms with van der Waals surface area (Å²) in [4.78, 5) is 19.2. The van der Waals surface area contributed by atoms with Crippen molar-refractivity contribution in [1.82, 2.24) is 15.0 Å². The third-order valence-electron chi connectivity index (χ3n) is 5.27. The molecule has 1 aliphatic heterocycles. The number of hydrogen-bond acceptors (Lipinski definition) is 5. The zero-order chi connectivity index (χ0) is 20.4. The van der Waals surface area contributed by atoms with E-state index in [1.807, 2.05) is 13.8 Å². The smallest absolute Gasteiger partial charge is 0.293 e. The Labute approximate surface area is 168 Å². The van der Waals surface area contributed by atoms with Gasteiger partial charge in [-0.2, -0.15) is 0 Å². The van der Waals surface area contributed by atoms with E-state index < -0.39 is 0 Å². The first-order chi connectivity index (χ1) is 14.0. The van der Waals surface area contributed by atoms with Gasteiger partial charge in [0.25, 0.3) is 5.91 Å². The molecule has 4 rings (SSSR count). The van der Waals surface area contributed by atoms with Crippen LogP contribution in [-0.2, 0) is 6.42 Å². The van der Waals surface area contributed by atoms with Crippen LogP contribution in [0.2, 0.25) is 0 Å². The Morgan fingerprint density at radius 2 is 2.14 bits per heavy atom.